The molecule has 3 nitrogen and oxygen atoms in total. The molecule has 0 bridgehead atoms. The summed E-state index contributed by atoms with van der Waals surface area (Å²) in [6.45, 7) is 2.37. The average Bonchev–Trinajstić information content (AvgIpc) is 2.47. The maximum absolute atomic E-state index is 11.5. The number of carbonyl (C=O) groups is 1. The number of ether oxygens (including phenoxy) is 1. The molecule has 0 aliphatic rings. The maximum Gasteiger partial charge on any atom is 0.224 e. The molecule has 2 rings (SSSR count). The van der Waals surface area contributed by atoms with E-state index in [2.05, 4.69) is 5.32 Å². The van der Waals surface area contributed by atoms with E-state index in [0.717, 1.165) is 16.7 Å². The van der Waals surface area contributed by atoms with E-state index in [1.807, 2.05) is 49.4 Å². The van der Waals surface area contributed by atoms with Gasteiger partial charge in [-0.25, -0.2) is 0 Å². The highest BCUT2D eigenvalue weighted by Gasteiger charge is 2.08. The van der Waals surface area contributed by atoms with Gasteiger partial charge in [-0.2, -0.15) is 0 Å². The molecule has 1 amide bonds. The third-order valence-corrected chi connectivity index (χ3v) is 3.51. The Labute approximate surface area is 129 Å². The lowest BCUT2D eigenvalue weighted by Crippen LogP contribution is -2.20. The van der Waals surface area contributed by atoms with Crippen LogP contribution in [0.5, 0.6) is 5.75 Å². The summed E-state index contributed by atoms with van der Waals surface area (Å²) in [5, 5.41) is 3.23. The summed E-state index contributed by atoms with van der Waals surface area (Å²) >= 11 is 6.15. The summed E-state index contributed by atoms with van der Waals surface area (Å²) in [5.41, 5.74) is 3.03. The van der Waals surface area contributed by atoms with Crippen LogP contribution in [0.1, 0.15) is 16.7 Å². The number of halogens is 1. The molecule has 0 atom stereocenters. The van der Waals surface area contributed by atoms with E-state index in [0.29, 0.717) is 23.8 Å². The quantitative estimate of drug-likeness (QED) is 0.918. The van der Waals surface area contributed by atoms with E-state index in [1.165, 1.54) is 0 Å². The van der Waals surface area contributed by atoms with Crippen molar-refractivity contribution in [3.05, 3.63) is 64.2 Å². The standard InChI is InChI=1S/C17H18ClNO2/c1-12-7-8-16(15(18)9-12)21-11-14-6-4-3-5-13(14)10-17(20)19-2/h3-9H,10-11H2,1-2H3,(H,19,20). The zero-order chi connectivity index (χ0) is 15.2. The Morgan fingerprint density at radius 1 is 1.19 bits per heavy atom. The molecule has 0 heterocycles. The van der Waals surface area contributed by atoms with Gasteiger partial charge in [-0.15, -0.1) is 0 Å². The van der Waals surface area contributed by atoms with E-state index < -0.39 is 0 Å². The average molecular weight is 304 g/mol. The minimum Gasteiger partial charge on any atom is -0.487 e. The molecule has 0 fully saturated rings. The lowest BCUT2D eigenvalue weighted by Gasteiger charge is -2.12. The first-order valence-electron chi connectivity index (χ1n) is 6.76. The second kappa shape index (κ2) is 7.14. The van der Waals surface area contributed by atoms with E-state index in [4.69, 9.17) is 16.3 Å². The molecule has 2 aromatic rings. The van der Waals surface area contributed by atoms with Gasteiger partial charge in [-0.05, 0) is 35.7 Å². The fourth-order valence-electron chi connectivity index (χ4n) is 2.01. The SMILES string of the molecule is CNC(=O)Cc1ccccc1COc1ccc(C)cc1Cl. The number of hydrogen-bond donors (Lipinski definition) is 1. The lowest BCUT2D eigenvalue weighted by atomic mass is 10.0. The molecule has 4 heteroatoms. The molecule has 0 saturated carbocycles. The van der Waals surface area contributed by atoms with Gasteiger partial charge in [-0.3, -0.25) is 4.79 Å². The van der Waals surface area contributed by atoms with Crippen molar-refractivity contribution < 1.29 is 9.53 Å². The Bertz CT molecular complexity index is 640. The monoisotopic (exact) mass is 303 g/mol. The zero-order valence-electron chi connectivity index (χ0n) is 12.2. The van der Waals surface area contributed by atoms with Gasteiger partial charge in [0.2, 0.25) is 5.91 Å². The summed E-state index contributed by atoms with van der Waals surface area (Å²) < 4.78 is 5.77. The summed E-state index contributed by atoms with van der Waals surface area (Å²) in [5.74, 6) is 0.632. The van der Waals surface area contributed by atoms with Gasteiger partial charge in [0.25, 0.3) is 0 Å². The summed E-state index contributed by atoms with van der Waals surface area (Å²) in [7, 11) is 1.63. The Morgan fingerprint density at radius 2 is 1.90 bits per heavy atom. The number of carbonyl (C=O) groups excluding carboxylic acids is 1. The van der Waals surface area contributed by atoms with Gasteiger partial charge in [0.1, 0.15) is 12.4 Å². The van der Waals surface area contributed by atoms with Crippen LogP contribution in [0.3, 0.4) is 0 Å². The van der Waals surface area contributed by atoms with E-state index in [1.54, 1.807) is 7.05 Å². The van der Waals surface area contributed by atoms with Crippen LogP contribution in [0.25, 0.3) is 0 Å². The van der Waals surface area contributed by atoms with Crippen LogP contribution >= 0.6 is 11.6 Å². The summed E-state index contributed by atoms with van der Waals surface area (Å²) in [6.07, 6.45) is 0.345. The van der Waals surface area contributed by atoms with E-state index in [-0.39, 0.29) is 5.91 Å². The molecule has 0 spiro atoms. The Kier molecular flexibility index (Phi) is 5.23. The molecular weight excluding hydrogens is 286 g/mol. The van der Waals surface area contributed by atoms with Crippen molar-refractivity contribution in [3.8, 4) is 5.75 Å². The predicted molar refractivity (Wildman–Crippen MR) is 84.7 cm³/mol. The van der Waals surface area contributed by atoms with E-state index in [9.17, 15) is 4.79 Å². The van der Waals surface area contributed by atoms with Crippen LogP contribution in [0.15, 0.2) is 42.5 Å². The Hall–Kier alpha value is -2.00. The third-order valence-electron chi connectivity index (χ3n) is 3.22. The molecule has 0 radical (unpaired) electrons. The number of amides is 1. The van der Waals surface area contributed by atoms with E-state index >= 15 is 0 Å². The van der Waals surface area contributed by atoms with Crippen LogP contribution < -0.4 is 10.1 Å². The Morgan fingerprint density at radius 3 is 2.57 bits per heavy atom. The van der Waals surface area contributed by atoms with Crippen molar-refractivity contribution in [1.82, 2.24) is 5.32 Å². The number of nitrogens with one attached hydrogen (secondary N) is 1. The third kappa shape index (κ3) is 4.23. The van der Waals surface area contributed by atoms with Crippen LogP contribution in [0.4, 0.5) is 0 Å². The summed E-state index contributed by atoms with van der Waals surface area (Å²) in [6, 6.07) is 13.4. The number of benzene rings is 2. The van der Waals surface area contributed by atoms with Gasteiger partial charge < -0.3 is 10.1 Å². The van der Waals surface area contributed by atoms with Crippen molar-refractivity contribution in [2.75, 3.05) is 7.05 Å². The summed E-state index contributed by atoms with van der Waals surface area (Å²) in [4.78, 5) is 11.5. The van der Waals surface area contributed by atoms with Crippen molar-refractivity contribution >= 4 is 17.5 Å². The molecule has 0 aliphatic heterocycles. The topological polar surface area (TPSA) is 38.3 Å². The molecule has 1 N–H and O–H groups in total. The molecule has 0 aromatic heterocycles. The van der Waals surface area contributed by atoms with Crippen molar-refractivity contribution in [2.24, 2.45) is 0 Å². The number of rotatable bonds is 5. The van der Waals surface area contributed by atoms with Crippen LogP contribution in [0.2, 0.25) is 5.02 Å². The maximum atomic E-state index is 11.5. The van der Waals surface area contributed by atoms with Crippen molar-refractivity contribution in [1.29, 1.82) is 0 Å². The number of likely N-dealkylation sites (N-methyl/N-ethyl adjacent to an activating group) is 1. The highest BCUT2D eigenvalue weighted by atomic mass is 35.5. The van der Waals surface area contributed by atoms with Gasteiger partial charge in [0.05, 0.1) is 11.4 Å². The van der Waals surface area contributed by atoms with Crippen molar-refractivity contribution in [2.45, 2.75) is 20.0 Å². The molecule has 0 saturated heterocycles. The normalized spacial score (nSPS) is 10.2. The first-order chi connectivity index (χ1) is 10.1. The molecule has 110 valence electrons. The molecular formula is C17H18ClNO2. The van der Waals surface area contributed by atoms with Crippen LogP contribution in [0, 0.1) is 6.92 Å². The number of aryl methyl sites for hydroxylation is 1. The molecule has 0 aliphatic carbocycles. The van der Waals surface area contributed by atoms with Crippen LogP contribution in [-0.4, -0.2) is 13.0 Å². The highest BCUT2D eigenvalue weighted by molar-refractivity contribution is 6.32. The van der Waals surface area contributed by atoms with Gasteiger partial charge in [-0.1, -0.05) is 41.9 Å². The zero-order valence-corrected chi connectivity index (χ0v) is 12.9. The fourth-order valence-corrected chi connectivity index (χ4v) is 2.30. The first-order valence-corrected chi connectivity index (χ1v) is 7.14. The fraction of sp³-hybridized carbons (Fsp3) is 0.235. The second-order valence-electron chi connectivity index (χ2n) is 4.84. The molecule has 0 unspecified atom stereocenters. The Balaban J connectivity index is 2.11. The highest BCUT2D eigenvalue weighted by Crippen LogP contribution is 2.26. The van der Waals surface area contributed by atoms with Gasteiger partial charge in [0, 0.05) is 7.05 Å². The van der Waals surface area contributed by atoms with Crippen molar-refractivity contribution in [3.63, 3.8) is 0 Å². The minimum atomic E-state index is -0.0178. The molecule has 21 heavy (non-hydrogen) atoms. The minimum absolute atomic E-state index is 0.0178. The second-order valence-corrected chi connectivity index (χ2v) is 5.25. The van der Waals surface area contributed by atoms with Gasteiger partial charge >= 0.3 is 0 Å². The smallest absolute Gasteiger partial charge is 0.224 e. The molecule has 2 aromatic carbocycles. The first kappa shape index (κ1) is 15.4. The largest absolute Gasteiger partial charge is 0.487 e. The van der Waals surface area contributed by atoms with Gasteiger partial charge in [0.15, 0.2) is 0 Å². The number of hydrogen-bond acceptors (Lipinski definition) is 2. The predicted octanol–water partition coefficient (Wildman–Crippen LogP) is 3.52. The lowest BCUT2D eigenvalue weighted by molar-refractivity contribution is -0.119. The van der Waals surface area contributed by atoms with Crippen LogP contribution in [-0.2, 0) is 17.8 Å².